The average molecular weight is 337 g/mol. The summed E-state index contributed by atoms with van der Waals surface area (Å²) in [6, 6.07) is 13.9. The fourth-order valence-corrected chi connectivity index (χ4v) is 2.74. The van der Waals surface area contributed by atoms with Crippen LogP contribution in [0.3, 0.4) is 0 Å². The van der Waals surface area contributed by atoms with Crippen molar-refractivity contribution >= 4 is 40.6 Å². The van der Waals surface area contributed by atoms with E-state index in [2.05, 4.69) is 5.32 Å². The number of nitro benzene ring substituents is 1. The maximum Gasteiger partial charge on any atom is 0.294 e. The topological polar surface area (TPSA) is 72.2 Å². The molecular formula is C15H13ClN2O3S. The molecule has 0 aromatic heterocycles. The minimum Gasteiger partial charge on any atom is -0.320 e. The van der Waals surface area contributed by atoms with E-state index in [-0.39, 0.29) is 28.1 Å². The number of nitrogens with zero attached hydrogens (tertiary/aromatic N) is 1. The van der Waals surface area contributed by atoms with Crippen LogP contribution in [-0.4, -0.2) is 16.6 Å². The molecule has 2 aromatic carbocycles. The Balaban J connectivity index is 1.91. The summed E-state index contributed by atoms with van der Waals surface area (Å²) in [4.78, 5) is 22.2. The Morgan fingerprint density at radius 2 is 1.95 bits per heavy atom. The van der Waals surface area contributed by atoms with E-state index in [0.29, 0.717) is 5.75 Å². The maximum atomic E-state index is 11.9. The Labute approximate surface area is 136 Å². The van der Waals surface area contributed by atoms with Crippen LogP contribution in [0.25, 0.3) is 0 Å². The third-order valence-corrected chi connectivity index (χ3v) is 4.01. The van der Waals surface area contributed by atoms with Gasteiger partial charge in [-0.1, -0.05) is 41.9 Å². The normalized spacial score (nSPS) is 10.2. The van der Waals surface area contributed by atoms with Gasteiger partial charge >= 0.3 is 0 Å². The highest BCUT2D eigenvalue weighted by Gasteiger charge is 2.16. The molecule has 0 atom stereocenters. The molecule has 5 nitrogen and oxygen atoms in total. The second kappa shape index (κ2) is 7.82. The first kappa shape index (κ1) is 16.3. The van der Waals surface area contributed by atoms with Crippen LogP contribution >= 0.6 is 23.4 Å². The van der Waals surface area contributed by atoms with Gasteiger partial charge in [0, 0.05) is 16.8 Å². The maximum absolute atomic E-state index is 11.9. The third kappa shape index (κ3) is 4.75. The van der Waals surface area contributed by atoms with E-state index >= 15 is 0 Å². The first-order chi connectivity index (χ1) is 10.6. The lowest BCUT2D eigenvalue weighted by Crippen LogP contribution is -2.15. The minimum absolute atomic E-state index is 0.153. The molecule has 0 saturated heterocycles. The number of hydrogen-bond acceptors (Lipinski definition) is 4. The van der Waals surface area contributed by atoms with E-state index in [1.807, 2.05) is 30.3 Å². The second-order valence-corrected chi connectivity index (χ2v) is 5.87. The summed E-state index contributed by atoms with van der Waals surface area (Å²) in [6.45, 7) is 0. The standard InChI is InChI=1S/C15H13ClN2O3S/c16-12-6-7-13(14(8-12)18(20)21)17-15(19)10-22-9-11-4-2-1-3-5-11/h1-8H,9-10H2,(H,17,19). The highest BCUT2D eigenvalue weighted by molar-refractivity contribution is 7.99. The van der Waals surface area contributed by atoms with Crippen molar-refractivity contribution in [2.45, 2.75) is 5.75 Å². The summed E-state index contributed by atoms with van der Waals surface area (Å²) in [7, 11) is 0. The lowest BCUT2D eigenvalue weighted by molar-refractivity contribution is -0.383. The van der Waals surface area contributed by atoms with Gasteiger partial charge < -0.3 is 5.32 Å². The zero-order valence-electron chi connectivity index (χ0n) is 11.5. The zero-order valence-corrected chi connectivity index (χ0v) is 13.1. The number of nitro groups is 1. The molecule has 0 saturated carbocycles. The number of thioether (sulfide) groups is 1. The van der Waals surface area contributed by atoms with Crippen molar-refractivity contribution in [2.24, 2.45) is 0 Å². The number of halogens is 1. The van der Waals surface area contributed by atoms with Gasteiger partial charge in [-0.25, -0.2) is 0 Å². The predicted molar refractivity (Wildman–Crippen MR) is 89.3 cm³/mol. The van der Waals surface area contributed by atoms with Crippen LogP contribution in [0.2, 0.25) is 5.02 Å². The van der Waals surface area contributed by atoms with Gasteiger partial charge in [0.05, 0.1) is 10.7 Å². The van der Waals surface area contributed by atoms with Crippen molar-refractivity contribution in [3.05, 3.63) is 69.2 Å². The number of rotatable bonds is 6. The Hall–Kier alpha value is -2.05. The zero-order chi connectivity index (χ0) is 15.9. The lowest BCUT2D eigenvalue weighted by Gasteiger charge is -2.06. The van der Waals surface area contributed by atoms with Crippen LogP contribution in [0.4, 0.5) is 11.4 Å². The highest BCUT2D eigenvalue weighted by Crippen LogP contribution is 2.27. The highest BCUT2D eigenvalue weighted by atomic mass is 35.5. The molecule has 0 heterocycles. The number of nitrogens with one attached hydrogen (secondary N) is 1. The van der Waals surface area contributed by atoms with Crippen molar-refractivity contribution in [3.8, 4) is 0 Å². The molecule has 0 radical (unpaired) electrons. The summed E-state index contributed by atoms with van der Waals surface area (Å²) in [5.41, 5.74) is 1.06. The van der Waals surface area contributed by atoms with E-state index in [0.717, 1.165) is 5.56 Å². The number of anilines is 1. The number of benzene rings is 2. The number of amides is 1. The van der Waals surface area contributed by atoms with Crippen LogP contribution in [-0.2, 0) is 10.5 Å². The van der Waals surface area contributed by atoms with Crippen molar-refractivity contribution < 1.29 is 9.72 Å². The fourth-order valence-electron chi connectivity index (χ4n) is 1.78. The van der Waals surface area contributed by atoms with E-state index in [4.69, 9.17) is 11.6 Å². The van der Waals surface area contributed by atoms with Crippen LogP contribution in [0, 0.1) is 10.1 Å². The molecule has 7 heteroatoms. The van der Waals surface area contributed by atoms with E-state index in [1.54, 1.807) is 0 Å². The molecule has 114 valence electrons. The van der Waals surface area contributed by atoms with Crippen molar-refractivity contribution in [1.29, 1.82) is 0 Å². The molecule has 1 N–H and O–H groups in total. The van der Waals surface area contributed by atoms with E-state index < -0.39 is 4.92 Å². The largest absolute Gasteiger partial charge is 0.320 e. The molecule has 2 aromatic rings. The first-order valence-corrected chi connectivity index (χ1v) is 7.95. The molecule has 22 heavy (non-hydrogen) atoms. The number of carbonyl (C=O) groups is 1. The summed E-state index contributed by atoms with van der Waals surface area (Å²) in [5, 5.41) is 13.7. The molecule has 0 bridgehead atoms. The Bertz CT molecular complexity index is 680. The van der Waals surface area contributed by atoms with Crippen molar-refractivity contribution in [2.75, 3.05) is 11.1 Å². The van der Waals surface area contributed by atoms with Crippen LogP contribution in [0.15, 0.2) is 48.5 Å². The second-order valence-electron chi connectivity index (χ2n) is 4.45. The van der Waals surface area contributed by atoms with Crippen LogP contribution in [0.5, 0.6) is 0 Å². The minimum atomic E-state index is -0.571. The van der Waals surface area contributed by atoms with Crippen molar-refractivity contribution in [1.82, 2.24) is 0 Å². The molecule has 0 spiro atoms. The summed E-state index contributed by atoms with van der Waals surface area (Å²) in [5.74, 6) is 0.636. The molecular weight excluding hydrogens is 324 g/mol. The van der Waals surface area contributed by atoms with Gasteiger partial charge in [0.25, 0.3) is 5.69 Å². The molecule has 2 rings (SSSR count). The Morgan fingerprint density at radius 3 is 2.64 bits per heavy atom. The van der Waals surface area contributed by atoms with Gasteiger partial charge in [-0.15, -0.1) is 11.8 Å². The van der Waals surface area contributed by atoms with Gasteiger partial charge in [0.1, 0.15) is 5.69 Å². The van der Waals surface area contributed by atoms with Gasteiger partial charge in [0.2, 0.25) is 5.91 Å². The molecule has 1 amide bonds. The van der Waals surface area contributed by atoms with Gasteiger partial charge in [-0.2, -0.15) is 0 Å². The van der Waals surface area contributed by atoms with Gasteiger partial charge in [0.15, 0.2) is 0 Å². The SMILES string of the molecule is O=C(CSCc1ccccc1)Nc1ccc(Cl)cc1[N+](=O)[O-]. The molecule has 0 aliphatic rings. The quantitative estimate of drug-likeness (QED) is 0.636. The molecule has 0 aliphatic heterocycles. The van der Waals surface area contributed by atoms with Gasteiger partial charge in [-0.3, -0.25) is 14.9 Å². The smallest absolute Gasteiger partial charge is 0.294 e. The third-order valence-electron chi connectivity index (χ3n) is 2.78. The number of carbonyl (C=O) groups excluding carboxylic acids is 1. The Kier molecular flexibility index (Phi) is 5.80. The van der Waals surface area contributed by atoms with E-state index in [9.17, 15) is 14.9 Å². The summed E-state index contributed by atoms with van der Waals surface area (Å²) in [6.07, 6.45) is 0. The van der Waals surface area contributed by atoms with Crippen LogP contribution < -0.4 is 5.32 Å². The predicted octanol–water partition coefficient (Wildman–Crippen LogP) is 4.12. The molecule has 0 fully saturated rings. The summed E-state index contributed by atoms with van der Waals surface area (Å²) < 4.78 is 0. The molecule has 0 unspecified atom stereocenters. The number of hydrogen-bond donors (Lipinski definition) is 1. The van der Waals surface area contributed by atoms with Gasteiger partial charge in [-0.05, 0) is 17.7 Å². The molecule has 0 aliphatic carbocycles. The monoisotopic (exact) mass is 336 g/mol. The first-order valence-electron chi connectivity index (χ1n) is 6.42. The fraction of sp³-hybridized carbons (Fsp3) is 0.133. The van der Waals surface area contributed by atoms with Crippen LogP contribution in [0.1, 0.15) is 5.56 Å². The van der Waals surface area contributed by atoms with E-state index in [1.165, 1.54) is 30.0 Å². The average Bonchev–Trinajstić information content (AvgIpc) is 2.50. The lowest BCUT2D eigenvalue weighted by atomic mass is 10.2. The summed E-state index contributed by atoms with van der Waals surface area (Å²) >= 11 is 7.17. The van der Waals surface area contributed by atoms with Crippen molar-refractivity contribution in [3.63, 3.8) is 0 Å². The Morgan fingerprint density at radius 1 is 1.23 bits per heavy atom.